The highest BCUT2D eigenvalue weighted by Gasteiger charge is 2.45. The lowest BCUT2D eigenvalue weighted by Gasteiger charge is -2.20. The largest absolute Gasteiger partial charge is 0.447 e. The molecule has 1 aromatic heterocycles. The molecule has 0 saturated carbocycles. The van der Waals surface area contributed by atoms with E-state index in [-0.39, 0.29) is 16.4 Å². The normalized spacial score (nSPS) is 12.3. The topological polar surface area (TPSA) is 94.4 Å². The van der Waals surface area contributed by atoms with Crippen LogP contribution in [0.1, 0.15) is 5.56 Å². The molecule has 1 unspecified atom stereocenters. The number of nitrogens with zero attached hydrogens (tertiary/aromatic N) is 2. The van der Waals surface area contributed by atoms with E-state index in [9.17, 15) is 31.5 Å². The Hall–Kier alpha value is -3.51. The quantitative estimate of drug-likeness (QED) is 0.339. The molecule has 0 fully saturated rings. The van der Waals surface area contributed by atoms with E-state index in [1.165, 1.54) is 42.6 Å². The summed E-state index contributed by atoms with van der Waals surface area (Å²) < 4.78 is 71.5. The summed E-state index contributed by atoms with van der Waals surface area (Å²) in [5.74, 6) is -2.79. The van der Waals surface area contributed by atoms with Crippen LogP contribution in [0.4, 0.5) is 32.6 Å². The van der Waals surface area contributed by atoms with Crippen LogP contribution < -0.4 is 16.0 Å². The Bertz CT molecular complexity index is 1230. The van der Waals surface area contributed by atoms with Crippen molar-refractivity contribution in [1.82, 2.24) is 15.6 Å². The van der Waals surface area contributed by atoms with Crippen LogP contribution in [-0.2, 0) is 16.1 Å². The van der Waals surface area contributed by atoms with Crippen LogP contribution in [0.25, 0.3) is 10.8 Å². The fraction of sp³-hybridized carbons (Fsp3) is 0.227. The zero-order valence-electron chi connectivity index (χ0n) is 17.7. The number of ether oxygens (including phenoxy) is 1. The molecule has 3 rings (SSSR count). The first-order chi connectivity index (χ1) is 16.5. The predicted octanol–water partition coefficient (Wildman–Crippen LogP) is 4.57. The van der Waals surface area contributed by atoms with Crippen LogP contribution in [0, 0.1) is 11.6 Å². The summed E-state index contributed by atoms with van der Waals surface area (Å²) in [5.41, 5.74) is 0.0266. The smallest absolute Gasteiger partial charge is 0.412 e. The van der Waals surface area contributed by atoms with Gasteiger partial charge in [0, 0.05) is 18.1 Å². The highest BCUT2D eigenvalue weighted by atomic mass is 35.5. The monoisotopic (exact) mass is 515 g/mol. The average Bonchev–Trinajstić information content (AvgIpc) is 2.78. The van der Waals surface area contributed by atoms with Crippen LogP contribution in [0.5, 0.6) is 0 Å². The third-order valence-electron chi connectivity index (χ3n) is 4.61. The Morgan fingerprint density at radius 3 is 2.63 bits per heavy atom. The van der Waals surface area contributed by atoms with Crippen molar-refractivity contribution in [3.63, 3.8) is 0 Å². The summed E-state index contributed by atoms with van der Waals surface area (Å²) >= 11 is 5.72. The Labute approximate surface area is 200 Å². The van der Waals surface area contributed by atoms with Gasteiger partial charge in [0.25, 0.3) is 5.91 Å². The van der Waals surface area contributed by atoms with Gasteiger partial charge in [-0.25, -0.2) is 23.9 Å². The third kappa shape index (κ3) is 7.23. The van der Waals surface area contributed by atoms with E-state index in [1.54, 1.807) is 0 Å². The number of carbonyl (C=O) groups excluding carboxylic acids is 2. The summed E-state index contributed by atoms with van der Waals surface area (Å²) in [6.45, 7) is -1.58. The second-order valence-electron chi connectivity index (χ2n) is 7.11. The van der Waals surface area contributed by atoms with Crippen molar-refractivity contribution in [3.05, 3.63) is 70.9 Å². The lowest BCUT2D eigenvalue weighted by atomic mass is 10.2. The Morgan fingerprint density at radius 1 is 1.11 bits per heavy atom. The van der Waals surface area contributed by atoms with Crippen LogP contribution >= 0.6 is 11.6 Å². The zero-order valence-corrected chi connectivity index (χ0v) is 18.5. The maximum atomic E-state index is 13.5. The molecule has 2 aromatic carbocycles. The minimum Gasteiger partial charge on any atom is -0.447 e. The van der Waals surface area contributed by atoms with E-state index in [1.807, 2.05) is 5.32 Å². The van der Waals surface area contributed by atoms with Gasteiger partial charge >= 0.3 is 12.3 Å². The van der Waals surface area contributed by atoms with E-state index in [4.69, 9.17) is 16.3 Å². The molecule has 13 heteroatoms. The van der Waals surface area contributed by atoms with Crippen molar-refractivity contribution in [2.24, 2.45) is 0 Å². The number of rotatable bonds is 8. The molecule has 0 aliphatic rings. The molecule has 0 aliphatic carbocycles. The highest BCUT2D eigenvalue weighted by molar-refractivity contribution is 6.31. The van der Waals surface area contributed by atoms with Crippen molar-refractivity contribution in [2.75, 3.05) is 18.5 Å². The number of alkyl halides is 3. The van der Waals surface area contributed by atoms with Gasteiger partial charge in [-0.05, 0) is 41.3 Å². The third-order valence-corrected chi connectivity index (χ3v) is 5.03. The van der Waals surface area contributed by atoms with E-state index in [0.717, 1.165) is 6.07 Å². The number of halogens is 6. The van der Waals surface area contributed by atoms with Crippen LogP contribution in [0.15, 0.2) is 48.7 Å². The molecular weight excluding hydrogens is 499 g/mol. The predicted molar refractivity (Wildman–Crippen MR) is 117 cm³/mol. The molecule has 2 N–H and O–H groups in total. The number of carbonyl (C=O) groups is 2. The zero-order chi connectivity index (χ0) is 25.6. The number of nitrogens with one attached hydrogen (secondary N) is 2. The molecule has 0 bridgehead atoms. The fourth-order valence-corrected chi connectivity index (χ4v) is 3.14. The standard InChI is InChI=1S/C22H17ClF5N4O3/c23-18-13(2-1-3-16(18)25)11-31-19(22(26,27)28)20(33)29-6-7-35-21(34)32-17-9-14-8-15(24)5-4-12(14)10-30-17/h1-5,8-10,19,31H,6-7,11H2,(H,30,32,34). The van der Waals surface area contributed by atoms with Crippen LogP contribution in [-0.4, -0.2) is 42.4 Å². The molecule has 1 radical (unpaired) electrons. The fourth-order valence-electron chi connectivity index (χ4n) is 2.95. The number of pyridine rings is 1. The van der Waals surface area contributed by atoms with E-state index >= 15 is 0 Å². The number of fused-ring (bicyclic) bond motifs is 1. The lowest BCUT2D eigenvalue weighted by molar-refractivity contribution is -0.169. The van der Waals surface area contributed by atoms with Crippen LogP contribution in [0.2, 0.25) is 5.02 Å². The molecule has 185 valence electrons. The van der Waals surface area contributed by atoms with Gasteiger partial charge in [-0.3, -0.25) is 15.4 Å². The number of amides is 2. The van der Waals surface area contributed by atoms with Gasteiger partial charge in [0.2, 0.25) is 0 Å². The second-order valence-corrected chi connectivity index (χ2v) is 7.49. The molecule has 35 heavy (non-hydrogen) atoms. The Kier molecular flexibility index (Phi) is 8.41. The maximum Gasteiger partial charge on any atom is 0.412 e. The van der Waals surface area contributed by atoms with Crippen molar-refractivity contribution < 1.29 is 36.3 Å². The second kappa shape index (κ2) is 11.3. The molecule has 1 atom stereocenters. The lowest BCUT2D eigenvalue weighted by Crippen LogP contribution is -2.51. The SMILES string of the molecule is O=C(Nc1cc2cc(F)ccc2cn1)OCC[N]C(=O)C(NCc1cccc(F)c1Cl)C(F)(F)F. The average molecular weight is 516 g/mol. The minimum atomic E-state index is -4.99. The van der Waals surface area contributed by atoms with E-state index in [2.05, 4.69) is 15.6 Å². The van der Waals surface area contributed by atoms with Gasteiger partial charge in [0.1, 0.15) is 24.1 Å². The molecule has 0 aliphatic heterocycles. The molecule has 7 nitrogen and oxygen atoms in total. The van der Waals surface area contributed by atoms with Gasteiger partial charge in [0.05, 0.1) is 11.6 Å². The molecular formula is C22H17ClF5N4O3. The first kappa shape index (κ1) is 26.1. The summed E-state index contributed by atoms with van der Waals surface area (Å²) in [6.07, 6.45) is -4.58. The van der Waals surface area contributed by atoms with E-state index < -0.39 is 55.5 Å². The summed E-state index contributed by atoms with van der Waals surface area (Å²) in [7, 11) is 0. The Morgan fingerprint density at radius 2 is 1.89 bits per heavy atom. The summed E-state index contributed by atoms with van der Waals surface area (Å²) in [4.78, 5) is 27.8. The summed E-state index contributed by atoms with van der Waals surface area (Å²) in [5, 5.41) is 8.28. The van der Waals surface area contributed by atoms with Gasteiger partial charge < -0.3 is 4.74 Å². The molecule has 1 heterocycles. The number of hydrogen-bond acceptors (Lipinski definition) is 5. The van der Waals surface area contributed by atoms with Gasteiger partial charge in [-0.1, -0.05) is 23.7 Å². The van der Waals surface area contributed by atoms with Crippen molar-refractivity contribution >= 4 is 40.2 Å². The number of hydrogen-bond donors (Lipinski definition) is 2. The molecule has 0 saturated heterocycles. The maximum absolute atomic E-state index is 13.5. The minimum absolute atomic E-state index is 0.0266. The number of anilines is 1. The van der Waals surface area contributed by atoms with Gasteiger partial charge in [-0.15, -0.1) is 0 Å². The number of aromatic nitrogens is 1. The first-order valence-electron chi connectivity index (χ1n) is 9.98. The van der Waals surface area contributed by atoms with E-state index in [0.29, 0.717) is 10.8 Å². The van der Waals surface area contributed by atoms with Crippen molar-refractivity contribution in [3.8, 4) is 0 Å². The van der Waals surface area contributed by atoms with Gasteiger partial charge in [0.15, 0.2) is 6.04 Å². The first-order valence-corrected chi connectivity index (χ1v) is 10.4. The Balaban J connectivity index is 1.48. The van der Waals surface area contributed by atoms with Crippen LogP contribution in [0.3, 0.4) is 0 Å². The summed E-state index contributed by atoms with van der Waals surface area (Å²) in [6, 6.07) is 6.35. The highest BCUT2D eigenvalue weighted by Crippen LogP contribution is 2.23. The molecule has 2 amide bonds. The van der Waals surface area contributed by atoms with Crippen molar-refractivity contribution in [2.45, 2.75) is 18.8 Å². The van der Waals surface area contributed by atoms with Crippen molar-refractivity contribution in [1.29, 1.82) is 0 Å². The number of benzene rings is 2. The molecule has 0 spiro atoms. The molecule has 3 aromatic rings. The van der Waals surface area contributed by atoms with Gasteiger partial charge in [-0.2, -0.15) is 13.2 Å².